The Morgan fingerprint density at radius 1 is 0.364 bits per heavy atom. The van der Waals surface area contributed by atoms with Crippen molar-refractivity contribution in [1.82, 2.24) is 79.7 Å². The first-order valence-electron chi connectivity index (χ1n) is 39.6. The van der Waals surface area contributed by atoms with E-state index in [4.69, 9.17) is 4.98 Å². The number of nitrogens with one attached hydrogen (secondary N) is 8. The summed E-state index contributed by atoms with van der Waals surface area (Å²) in [6, 6.07) is 24.7. The zero-order valence-electron chi connectivity index (χ0n) is 64.6. The molecule has 12 aromatic rings. The van der Waals surface area contributed by atoms with E-state index in [2.05, 4.69) is 101 Å². The van der Waals surface area contributed by atoms with Gasteiger partial charge in [0.15, 0.2) is 34.2 Å². The molecule has 13 heterocycles. The number of aromatic nitrogens is 12. The average molecular weight is 1660 g/mol. The van der Waals surface area contributed by atoms with E-state index in [1.165, 1.54) is 35.2 Å². The van der Waals surface area contributed by atoms with E-state index in [-0.39, 0.29) is 67.2 Å². The number of benzene rings is 3. The number of amides is 8. The second kappa shape index (κ2) is 34.2. The van der Waals surface area contributed by atoms with Crippen LogP contribution < -0.4 is 42.5 Å². The molecule has 3 aromatic carbocycles. The molecule has 9 aromatic heterocycles. The first-order chi connectivity index (χ1) is 58.5. The number of hydrogen-bond donors (Lipinski definition) is 8. The van der Waals surface area contributed by atoms with Gasteiger partial charge in [0.1, 0.15) is 46.5 Å². The fourth-order valence-electron chi connectivity index (χ4n) is 14.2. The van der Waals surface area contributed by atoms with Crippen molar-refractivity contribution in [2.45, 2.75) is 153 Å². The Bertz CT molecular complexity index is 6330. The van der Waals surface area contributed by atoms with E-state index < -0.39 is 52.6 Å². The first-order valence-corrected chi connectivity index (χ1v) is 40.5. The van der Waals surface area contributed by atoms with Gasteiger partial charge in [-0.2, -0.15) is 38.5 Å². The first kappa shape index (κ1) is 79.6. The second-order valence-electron chi connectivity index (χ2n) is 30.7. The number of hydrogen-bond acceptors (Lipinski definition) is 21. The molecule has 20 rings (SSSR count). The van der Waals surface area contributed by atoms with Crippen LogP contribution in [0.2, 0.25) is 0 Å². The average Bonchev–Trinajstić information content (AvgIpc) is 1.65. The highest BCUT2D eigenvalue weighted by atomic mass is 32.1. The lowest BCUT2D eigenvalue weighted by atomic mass is 10.1. The zero-order valence-corrected chi connectivity index (χ0v) is 65.4. The number of carbonyl (C=O) groups excluding carboxylic acids is 8. The summed E-state index contributed by atoms with van der Waals surface area (Å²) in [6.07, 6.45) is 26.1. The summed E-state index contributed by atoms with van der Waals surface area (Å²) in [6.45, 7) is 0. The summed E-state index contributed by atoms with van der Waals surface area (Å²) in [7, 11) is 0. The fourth-order valence-corrected chi connectivity index (χ4v) is 14.9. The summed E-state index contributed by atoms with van der Waals surface area (Å²) < 4.78 is 88.5. The minimum atomic E-state index is -0.869. The predicted octanol–water partition coefficient (Wildman–Crippen LogP) is 11.0. The van der Waals surface area contributed by atoms with Crippen LogP contribution in [0.4, 0.5) is 49.6 Å². The fraction of sp³-hybridized carbons (Fsp3) is 0.279. The van der Waals surface area contributed by atoms with E-state index in [1.54, 1.807) is 84.6 Å². The monoisotopic (exact) mass is 1660 g/mol. The highest BCUT2D eigenvalue weighted by molar-refractivity contribution is 7.09. The number of halogens is 6. The molecule has 616 valence electrons. The standard InChI is InChI=1S/3C22H19F2N5O2.C20H19N5O2S/c23-15-3-1-12(18(24)9-15)2-4-17-10-19(26-16-5-6-16)29-21(27-17)14(11-25-29)7-13-8-20(30)28-22(13)31;23-15-5-12(6-16(24)9-15)1-2-18-10-19(26-17-3-4-17)29-21(27-18)14(11-25-29)7-13-8-20(30)28-22(13)31;23-17-3-1-2-12(20(17)24)4-5-16-10-18(26-15-6-7-15)29-21(27-16)14(11-25-29)8-13-9-19(30)28-22(13)31;26-18-9-12(20(27)24-18)8-13-11-21-25-17(22-14-3-4-14)10-15(23-19(13)25)5-6-16-2-1-7-28-16/h1,3,7,9-11,16,26H,2,4-6,8H2,(H,28,30,31);5-7,9-11,17,26H,1-4,8H2,(H,28,30,31);1-3,8,10-11,15,26H,4-7,9H2,(H,28,30,31);1-2,7-8,10-11,14,22H,3-6,9H2,(H,24,26,27)/b2*13-7+;13-8+;12-8+. The van der Waals surface area contributed by atoms with Gasteiger partial charge in [-0.05, 0) is 179 Å². The molecule has 8 fully saturated rings. The number of imide groups is 4. The molecule has 28 nitrogen and oxygen atoms in total. The van der Waals surface area contributed by atoms with Crippen LogP contribution in [0.1, 0.15) is 144 Å². The molecule has 0 spiro atoms. The molecule has 0 radical (unpaired) electrons. The Morgan fingerprint density at radius 3 is 1.05 bits per heavy atom. The number of nitrogens with zero attached hydrogens (tertiary/aromatic N) is 12. The topological polar surface area (TPSA) is 354 Å². The van der Waals surface area contributed by atoms with Crippen molar-refractivity contribution >= 4 is 129 Å². The molecule has 4 saturated carbocycles. The lowest BCUT2D eigenvalue weighted by molar-refractivity contribution is -0.125. The van der Waals surface area contributed by atoms with Crippen LogP contribution in [-0.2, 0) is 89.7 Å². The van der Waals surface area contributed by atoms with E-state index in [1.807, 2.05) is 18.2 Å². The third-order valence-corrected chi connectivity index (χ3v) is 21.9. The molecule has 0 unspecified atom stereocenters. The van der Waals surface area contributed by atoms with Gasteiger partial charge in [0.2, 0.25) is 23.6 Å². The number of rotatable bonds is 24. The molecule has 4 aliphatic carbocycles. The molecular weight excluding hydrogens is 1590 g/mol. The van der Waals surface area contributed by atoms with Crippen molar-refractivity contribution in [3.05, 3.63) is 245 Å². The number of anilines is 4. The molecule has 4 aliphatic heterocycles. The lowest BCUT2D eigenvalue weighted by Gasteiger charge is -2.10. The van der Waals surface area contributed by atoms with E-state index in [0.717, 1.165) is 123 Å². The van der Waals surface area contributed by atoms with E-state index >= 15 is 0 Å². The zero-order chi connectivity index (χ0) is 83.7. The highest BCUT2D eigenvalue weighted by Crippen LogP contribution is 2.34. The van der Waals surface area contributed by atoms with Gasteiger partial charge < -0.3 is 21.3 Å². The van der Waals surface area contributed by atoms with Gasteiger partial charge in [-0.25, -0.2) is 46.3 Å². The van der Waals surface area contributed by atoms with Gasteiger partial charge in [0.25, 0.3) is 23.6 Å². The SMILES string of the molecule is O=C1C/C(=C\c2cnn3c(NC4CC4)cc(CCc4cc(F)cc(F)c4)nc23)C(=O)N1.O=C1C/C(=C\c2cnn3c(NC4CC4)cc(CCc4ccc(F)cc4F)nc23)C(=O)N1.O=C1C/C(=C\c2cnn3c(NC4CC4)cc(CCc4cccc(F)c4F)nc23)C(=O)N1.O=C1C/C(=C\c2cnn3c(NC4CC4)cc(CCc4cccs4)nc23)C(=O)N1. The highest BCUT2D eigenvalue weighted by Gasteiger charge is 2.32. The largest absolute Gasteiger partial charge is 0.367 e. The Balaban J connectivity index is 0.000000115. The minimum absolute atomic E-state index is 0.0158. The molecule has 35 heteroatoms. The number of fused-ring (bicyclic) bond motifs is 4. The van der Waals surface area contributed by atoms with Crippen LogP contribution in [-0.4, -0.2) is 130 Å². The Labute approximate surface area is 688 Å². The van der Waals surface area contributed by atoms with Gasteiger partial charge in [-0.15, -0.1) is 11.3 Å². The number of thiophene rings is 1. The molecule has 0 bridgehead atoms. The summed E-state index contributed by atoms with van der Waals surface area (Å²) in [4.78, 5) is 114. The Kier molecular flexibility index (Phi) is 22.5. The second-order valence-corrected chi connectivity index (χ2v) is 31.8. The third-order valence-electron chi connectivity index (χ3n) is 21.0. The molecule has 8 aliphatic rings. The van der Waals surface area contributed by atoms with Gasteiger partial charge in [0.05, 0.1) is 50.5 Å². The molecule has 8 N–H and O–H groups in total. The molecule has 0 atom stereocenters. The Morgan fingerprint density at radius 2 is 0.719 bits per heavy atom. The predicted molar refractivity (Wildman–Crippen MR) is 435 cm³/mol. The summed E-state index contributed by atoms with van der Waals surface area (Å²) >= 11 is 1.75. The molecule has 4 saturated heterocycles. The van der Waals surface area contributed by atoms with Crippen molar-refractivity contribution < 1.29 is 64.7 Å². The van der Waals surface area contributed by atoms with Crippen LogP contribution >= 0.6 is 11.3 Å². The quantitative estimate of drug-likeness (QED) is 0.0158. The number of carbonyl (C=O) groups is 8. The van der Waals surface area contributed by atoms with Crippen molar-refractivity contribution in [3.63, 3.8) is 0 Å². The van der Waals surface area contributed by atoms with Crippen molar-refractivity contribution in [1.29, 1.82) is 0 Å². The normalized spacial score (nSPS) is 17.7. The maximum Gasteiger partial charge on any atom is 0.254 e. The maximum absolute atomic E-state index is 14.0. The van der Waals surface area contributed by atoms with Gasteiger partial charge in [0, 0.05) is 133 Å². The van der Waals surface area contributed by atoms with E-state index in [0.29, 0.717) is 140 Å². The van der Waals surface area contributed by atoms with Crippen molar-refractivity contribution in [2.24, 2.45) is 0 Å². The van der Waals surface area contributed by atoms with Gasteiger partial charge in [-0.3, -0.25) is 59.6 Å². The van der Waals surface area contributed by atoms with Crippen LogP contribution in [0.25, 0.3) is 46.9 Å². The molecule has 8 amide bonds. The minimum Gasteiger partial charge on any atom is -0.367 e. The van der Waals surface area contributed by atoms with Crippen LogP contribution in [0.15, 0.2) is 143 Å². The molecule has 121 heavy (non-hydrogen) atoms. The van der Waals surface area contributed by atoms with Crippen molar-refractivity contribution in [2.75, 3.05) is 21.3 Å². The maximum atomic E-state index is 14.0. The lowest BCUT2D eigenvalue weighted by Crippen LogP contribution is -2.19. The number of aryl methyl sites for hydroxylation is 8. The summed E-state index contributed by atoms with van der Waals surface area (Å²) in [5.41, 5.74) is 10.8. The summed E-state index contributed by atoms with van der Waals surface area (Å²) in [5.74, 6) is -3.77. The van der Waals surface area contributed by atoms with Crippen LogP contribution in [0, 0.1) is 34.9 Å². The van der Waals surface area contributed by atoms with E-state index in [9.17, 15) is 64.7 Å². The van der Waals surface area contributed by atoms with Crippen molar-refractivity contribution in [3.8, 4) is 0 Å². The summed E-state index contributed by atoms with van der Waals surface area (Å²) in [5, 5.41) is 42.6. The van der Waals surface area contributed by atoms with Crippen LogP contribution in [0.5, 0.6) is 0 Å². The third kappa shape index (κ3) is 19.3. The molecular formula is C86H76F6N20O8S. The van der Waals surface area contributed by atoms with Gasteiger partial charge in [-0.1, -0.05) is 24.3 Å². The smallest absolute Gasteiger partial charge is 0.254 e. The van der Waals surface area contributed by atoms with Gasteiger partial charge >= 0.3 is 0 Å². The Hall–Kier alpha value is -13.9. The van der Waals surface area contributed by atoms with Crippen LogP contribution in [0.3, 0.4) is 0 Å².